The van der Waals surface area contributed by atoms with E-state index in [2.05, 4.69) is 22.0 Å². The normalized spacial score (nSPS) is 19.2. The van der Waals surface area contributed by atoms with Crippen molar-refractivity contribution >= 4 is 5.91 Å². The number of aromatic nitrogens is 2. The van der Waals surface area contributed by atoms with Gasteiger partial charge in [-0.1, -0.05) is 6.07 Å². The molecule has 0 radical (unpaired) electrons. The van der Waals surface area contributed by atoms with Crippen LogP contribution in [0, 0.1) is 0 Å². The number of hydrogen-bond acceptors (Lipinski definition) is 4. The second-order valence-electron chi connectivity index (χ2n) is 7.67. The molecular weight excluding hydrogens is 324 g/mol. The topological polar surface area (TPSA) is 49.3 Å². The van der Waals surface area contributed by atoms with Crippen molar-refractivity contribution in [1.29, 1.82) is 0 Å². The molecule has 1 saturated heterocycles. The fourth-order valence-electron chi connectivity index (χ4n) is 4.17. The summed E-state index contributed by atoms with van der Waals surface area (Å²) in [7, 11) is 4.04. The molecule has 26 heavy (non-hydrogen) atoms. The van der Waals surface area contributed by atoms with Gasteiger partial charge in [0.25, 0.3) is 5.91 Å². The van der Waals surface area contributed by atoms with E-state index in [-0.39, 0.29) is 11.9 Å². The zero-order valence-corrected chi connectivity index (χ0v) is 15.6. The number of carbonyl (C=O) groups is 1. The molecule has 1 atom stereocenters. The Morgan fingerprint density at radius 2 is 2.04 bits per heavy atom. The third-order valence-electron chi connectivity index (χ3n) is 5.38. The van der Waals surface area contributed by atoms with Gasteiger partial charge in [0.1, 0.15) is 0 Å². The number of amides is 1. The third-order valence-corrected chi connectivity index (χ3v) is 5.38. The summed E-state index contributed by atoms with van der Waals surface area (Å²) in [5.41, 5.74) is 5.43. The Kier molecular flexibility index (Phi) is 4.72. The molecule has 1 aromatic carbocycles. The van der Waals surface area contributed by atoms with Crippen molar-refractivity contribution in [3.63, 3.8) is 0 Å². The summed E-state index contributed by atoms with van der Waals surface area (Å²) in [6.07, 6.45) is 9.04. The lowest BCUT2D eigenvalue weighted by Gasteiger charge is -2.25. The molecule has 5 heteroatoms. The van der Waals surface area contributed by atoms with Crippen LogP contribution in [0.4, 0.5) is 0 Å². The number of likely N-dealkylation sites (tertiary alicyclic amines) is 1. The zero-order chi connectivity index (χ0) is 18.1. The minimum absolute atomic E-state index is 0.0327. The number of carbonyl (C=O) groups excluding carboxylic acids is 1. The van der Waals surface area contributed by atoms with Crippen LogP contribution in [0.5, 0.6) is 0 Å². The molecule has 0 spiro atoms. The van der Waals surface area contributed by atoms with E-state index in [0.717, 1.165) is 55.7 Å². The minimum atomic E-state index is 0.0327. The van der Waals surface area contributed by atoms with Gasteiger partial charge < -0.3 is 9.80 Å². The molecule has 1 fully saturated rings. The summed E-state index contributed by atoms with van der Waals surface area (Å²) in [6.45, 7) is 1.55. The van der Waals surface area contributed by atoms with Crippen LogP contribution >= 0.6 is 0 Å². The number of fused-ring (bicyclic) bond motifs is 1. The Morgan fingerprint density at radius 1 is 1.19 bits per heavy atom. The van der Waals surface area contributed by atoms with Crippen molar-refractivity contribution in [2.75, 3.05) is 20.6 Å². The summed E-state index contributed by atoms with van der Waals surface area (Å²) in [6, 6.07) is 6.27. The van der Waals surface area contributed by atoms with Crippen LogP contribution in [0.15, 0.2) is 30.6 Å². The maximum Gasteiger partial charge on any atom is 0.254 e. The SMILES string of the molecule is CN(C)Cc1cncc([C@@H]2CCCN2C(=O)c2ccc3c(c2)CCC3)n1. The molecule has 5 nitrogen and oxygen atoms in total. The summed E-state index contributed by atoms with van der Waals surface area (Å²) in [4.78, 5) is 26.4. The van der Waals surface area contributed by atoms with Gasteiger partial charge >= 0.3 is 0 Å². The van der Waals surface area contributed by atoms with Crippen LogP contribution in [0.2, 0.25) is 0 Å². The number of hydrogen-bond donors (Lipinski definition) is 0. The first kappa shape index (κ1) is 17.2. The highest BCUT2D eigenvalue weighted by Crippen LogP contribution is 2.33. The standard InChI is InChI=1S/C21H26N4O/c1-24(2)14-18-12-22-13-19(23-18)20-7-4-10-25(20)21(26)17-9-8-15-5-3-6-16(15)11-17/h8-9,11-13,20H,3-7,10,14H2,1-2H3/t20-/m0/s1. The van der Waals surface area contributed by atoms with Gasteiger partial charge in [0, 0.05) is 24.8 Å². The summed E-state index contributed by atoms with van der Waals surface area (Å²) >= 11 is 0. The second kappa shape index (κ2) is 7.16. The fourth-order valence-corrected chi connectivity index (χ4v) is 4.17. The lowest BCUT2D eigenvalue weighted by atomic mass is 10.0. The molecule has 0 bridgehead atoms. The highest BCUT2D eigenvalue weighted by molar-refractivity contribution is 5.95. The molecule has 1 aliphatic heterocycles. The van der Waals surface area contributed by atoms with Crippen LogP contribution < -0.4 is 0 Å². The van der Waals surface area contributed by atoms with E-state index in [4.69, 9.17) is 4.98 Å². The van der Waals surface area contributed by atoms with Crippen molar-refractivity contribution in [2.24, 2.45) is 0 Å². The number of nitrogens with zero attached hydrogens (tertiary/aromatic N) is 4. The lowest BCUT2D eigenvalue weighted by Crippen LogP contribution is -2.31. The molecule has 4 rings (SSSR count). The van der Waals surface area contributed by atoms with Gasteiger partial charge in [0.15, 0.2) is 0 Å². The molecule has 0 N–H and O–H groups in total. The van der Waals surface area contributed by atoms with Crippen LogP contribution in [0.25, 0.3) is 0 Å². The minimum Gasteiger partial charge on any atom is -0.330 e. The highest BCUT2D eigenvalue weighted by atomic mass is 16.2. The van der Waals surface area contributed by atoms with Crippen molar-refractivity contribution < 1.29 is 4.79 Å². The van der Waals surface area contributed by atoms with Gasteiger partial charge in [-0.05, 0) is 69.5 Å². The highest BCUT2D eigenvalue weighted by Gasteiger charge is 2.32. The quantitative estimate of drug-likeness (QED) is 0.850. The summed E-state index contributed by atoms with van der Waals surface area (Å²) < 4.78 is 0. The van der Waals surface area contributed by atoms with Gasteiger partial charge in [-0.2, -0.15) is 0 Å². The summed E-state index contributed by atoms with van der Waals surface area (Å²) in [5.74, 6) is 0.127. The molecule has 0 saturated carbocycles. The van der Waals surface area contributed by atoms with Crippen LogP contribution in [0.3, 0.4) is 0 Å². The first-order chi connectivity index (χ1) is 12.6. The Morgan fingerprint density at radius 3 is 2.88 bits per heavy atom. The average molecular weight is 350 g/mol. The predicted molar refractivity (Wildman–Crippen MR) is 101 cm³/mol. The molecule has 1 amide bonds. The average Bonchev–Trinajstić information content (AvgIpc) is 3.29. The smallest absolute Gasteiger partial charge is 0.254 e. The largest absolute Gasteiger partial charge is 0.330 e. The molecule has 2 heterocycles. The molecular formula is C21H26N4O. The molecule has 2 aliphatic rings. The van der Waals surface area contributed by atoms with Crippen LogP contribution in [-0.2, 0) is 19.4 Å². The molecule has 1 aliphatic carbocycles. The monoisotopic (exact) mass is 350 g/mol. The molecule has 136 valence electrons. The third kappa shape index (κ3) is 3.36. The van der Waals surface area contributed by atoms with Crippen LogP contribution in [-0.4, -0.2) is 46.3 Å². The van der Waals surface area contributed by atoms with E-state index in [1.807, 2.05) is 37.5 Å². The van der Waals surface area contributed by atoms with Gasteiger partial charge in [0.05, 0.1) is 23.6 Å². The number of rotatable bonds is 4. The second-order valence-corrected chi connectivity index (χ2v) is 7.67. The Bertz CT molecular complexity index is 817. The van der Waals surface area contributed by atoms with E-state index >= 15 is 0 Å². The maximum atomic E-state index is 13.2. The van der Waals surface area contributed by atoms with Gasteiger partial charge in [-0.15, -0.1) is 0 Å². The van der Waals surface area contributed by atoms with E-state index < -0.39 is 0 Å². The van der Waals surface area contributed by atoms with E-state index in [0.29, 0.717) is 0 Å². The Hall–Kier alpha value is -2.27. The van der Waals surface area contributed by atoms with Gasteiger partial charge in [0.2, 0.25) is 0 Å². The molecule has 2 aromatic rings. The van der Waals surface area contributed by atoms with Crippen molar-refractivity contribution in [1.82, 2.24) is 19.8 Å². The van der Waals surface area contributed by atoms with Gasteiger partial charge in [-0.25, -0.2) is 0 Å². The first-order valence-corrected chi connectivity index (χ1v) is 9.50. The molecule has 1 aromatic heterocycles. The maximum absolute atomic E-state index is 13.2. The Balaban J connectivity index is 1.57. The van der Waals surface area contributed by atoms with E-state index in [1.54, 1.807) is 0 Å². The van der Waals surface area contributed by atoms with Crippen molar-refractivity contribution in [2.45, 2.75) is 44.7 Å². The fraction of sp³-hybridized carbons (Fsp3) is 0.476. The first-order valence-electron chi connectivity index (χ1n) is 9.50. The zero-order valence-electron chi connectivity index (χ0n) is 15.6. The van der Waals surface area contributed by atoms with Crippen molar-refractivity contribution in [3.8, 4) is 0 Å². The number of aryl methyl sites for hydroxylation is 2. The lowest BCUT2D eigenvalue weighted by molar-refractivity contribution is 0.0732. The summed E-state index contributed by atoms with van der Waals surface area (Å²) in [5, 5.41) is 0. The molecule has 0 unspecified atom stereocenters. The van der Waals surface area contributed by atoms with E-state index in [1.165, 1.54) is 17.5 Å². The predicted octanol–water partition coefficient (Wildman–Crippen LogP) is 3.00. The van der Waals surface area contributed by atoms with Gasteiger partial charge in [-0.3, -0.25) is 14.8 Å². The van der Waals surface area contributed by atoms with Crippen molar-refractivity contribution in [3.05, 3.63) is 58.7 Å². The number of benzene rings is 1. The van der Waals surface area contributed by atoms with E-state index in [9.17, 15) is 4.79 Å². The van der Waals surface area contributed by atoms with Crippen LogP contribution in [0.1, 0.15) is 58.2 Å². The Labute approximate surface area is 155 Å².